The van der Waals surface area contributed by atoms with Gasteiger partial charge in [-0.3, -0.25) is 0 Å². The molecule has 1 atom stereocenters. The SMILES string of the molecule is CN(C)S(=O)(=O)c1ccc(CNC2C=CS(=O)(=O)C2)o1. The number of nitrogens with zero attached hydrogens (tertiary/aromatic N) is 1. The Morgan fingerprint density at radius 1 is 1.40 bits per heavy atom. The Morgan fingerprint density at radius 3 is 2.65 bits per heavy atom. The molecule has 1 N–H and O–H groups in total. The first-order valence-electron chi connectivity index (χ1n) is 5.86. The van der Waals surface area contributed by atoms with Gasteiger partial charge in [0.15, 0.2) is 9.84 Å². The normalized spacial score (nSPS) is 21.6. The molecule has 0 aromatic carbocycles. The predicted molar refractivity (Wildman–Crippen MR) is 73.1 cm³/mol. The fourth-order valence-electron chi connectivity index (χ4n) is 1.71. The number of sulfone groups is 1. The highest BCUT2D eigenvalue weighted by molar-refractivity contribution is 7.94. The second-order valence-corrected chi connectivity index (χ2v) is 8.67. The first-order chi connectivity index (χ1) is 9.21. The van der Waals surface area contributed by atoms with E-state index >= 15 is 0 Å². The average molecular weight is 320 g/mol. The minimum Gasteiger partial charge on any atom is -0.447 e. The van der Waals surface area contributed by atoms with Gasteiger partial charge in [0.05, 0.1) is 12.3 Å². The maximum Gasteiger partial charge on any atom is 0.275 e. The molecule has 0 aliphatic carbocycles. The summed E-state index contributed by atoms with van der Waals surface area (Å²) in [6.45, 7) is 0.257. The van der Waals surface area contributed by atoms with Gasteiger partial charge < -0.3 is 9.73 Å². The summed E-state index contributed by atoms with van der Waals surface area (Å²) in [6.07, 6.45) is 1.57. The van der Waals surface area contributed by atoms with Gasteiger partial charge in [0.2, 0.25) is 5.09 Å². The molecule has 20 heavy (non-hydrogen) atoms. The van der Waals surface area contributed by atoms with Crippen LogP contribution in [-0.2, 0) is 26.4 Å². The molecule has 1 aromatic heterocycles. The third-order valence-corrected chi connectivity index (χ3v) is 5.93. The maximum atomic E-state index is 11.8. The van der Waals surface area contributed by atoms with Gasteiger partial charge in [-0.2, -0.15) is 0 Å². The summed E-state index contributed by atoms with van der Waals surface area (Å²) in [4.78, 5) is 0. The van der Waals surface area contributed by atoms with Crippen LogP contribution in [0.2, 0.25) is 0 Å². The van der Waals surface area contributed by atoms with Crippen molar-refractivity contribution in [3.8, 4) is 0 Å². The number of hydrogen-bond acceptors (Lipinski definition) is 6. The molecule has 0 radical (unpaired) electrons. The monoisotopic (exact) mass is 320 g/mol. The highest BCUT2D eigenvalue weighted by atomic mass is 32.2. The van der Waals surface area contributed by atoms with Gasteiger partial charge in [-0.1, -0.05) is 6.08 Å². The molecular weight excluding hydrogens is 304 g/mol. The summed E-state index contributed by atoms with van der Waals surface area (Å²) >= 11 is 0. The van der Waals surface area contributed by atoms with Crippen LogP contribution in [0.5, 0.6) is 0 Å². The number of furan rings is 1. The van der Waals surface area contributed by atoms with Gasteiger partial charge >= 0.3 is 0 Å². The minimum atomic E-state index is -3.58. The van der Waals surface area contributed by atoms with Crippen molar-refractivity contribution in [1.29, 1.82) is 0 Å². The Kier molecular flexibility index (Phi) is 4.05. The van der Waals surface area contributed by atoms with Gasteiger partial charge in [-0.05, 0) is 12.1 Å². The molecule has 0 saturated carbocycles. The quantitative estimate of drug-likeness (QED) is 0.816. The molecule has 0 fully saturated rings. The van der Waals surface area contributed by atoms with Crippen molar-refractivity contribution >= 4 is 19.9 Å². The number of nitrogens with one attached hydrogen (secondary N) is 1. The van der Waals surface area contributed by atoms with Gasteiger partial charge in [0.25, 0.3) is 10.0 Å². The largest absolute Gasteiger partial charge is 0.447 e. The predicted octanol–water partition coefficient (Wildman–Crippen LogP) is -0.0698. The molecular formula is C11H16N2O5S2. The highest BCUT2D eigenvalue weighted by Crippen LogP contribution is 2.17. The van der Waals surface area contributed by atoms with Crippen molar-refractivity contribution in [2.75, 3.05) is 19.8 Å². The summed E-state index contributed by atoms with van der Waals surface area (Å²) < 4.78 is 52.4. The van der Waals surface area contributed by atoms with E-state index in [1.807, 2.05) is 0 Å². The zero-order chi connectivity index (χ0) is 15.0. The molecule has 0 bridgehead atoms. The molecule has 1 aliphatic heterocycles. The van der Waals surface area contributed by atoms with Crippen LogP contribution in [0.1, 0.15) is 5.76 Å². The molecule has 0 saturated heterocycles. The van der Waals surface area contributed by atoms with Crippen molar-refractivity contribution in [2.24, 2.45) is 0 Å². The molecule has 0 spiro atoms. The van der Waals surface area contributed by atoms with Crippen molar-refractivity contribution in [3.05, 3.63) is 29.4 Å². The summed E-state index contributed by atoms with van der Waals surface area (Å²) in [5.74, 6) is 0.444. The molecule has 1 aliphatic rings. The van der Waals surface area contributed by atoms with Crippen molar-refractivity contribution in [2.45, 2.75) is 17.7 Å². The molecule has 1 unspecified atom stereocenters. The first kappa shape index (κ1) is 15.2. The van der Waals surface area contributed by atoms with E-state index < -0.39 is 19.9 Å². The summed E-state index contributed by atoms with van der Waals surface area (Å²) in [7, 11) is -3.85. The molecule has 2 heterocycles. The Bertz CT molecular complexity index is 716. The van der Waals surface area contributed by atoms with Crippen LogP contribution in [0.3, 0.4) is 0 Å². The van der Waals surface area contributed by atoms with E-state index in [1.54, 1.807) is 12.1 Å². The lowest BCUT2D eigenvalue weighted by molar-refractivity contribution is 0.387. The zero-order valence-electron chi connectivity index (χ0n) is 11.1. The van der Waals surface area contributed by atoms with Crippen molar-refractivity contribution < 1.29 is 21.3 Å². The minimum absolute atomic E-state index is 0.0105. The van der Waals surface area contributed by atoms with E-state index in [4.69, 9.17) is 4.42 Å². The lowest BCUT2D eigenvalue weighted by Crippen LogP contribution is -2.29. The van der Waals surface area contributed by atoms with Crippen LogP contribution in [0.25, 0.3) is 0 Å². The molecule has 9 heteroatoms. The Labute approximate surface area is 118 Å². The number of hydrogen-bond donors (Lipinski definition) is 1. The maximum absolute atomic E-state index is 11.8. The van der Waals surface area contributed by atoms with E-state index in [-0.39, 0.29) is 23.4 Å². The summed E-state index contributed by atoms with van der Waals surface area (Å²) in [5, 5.41) is 4.02. The van der Waals surface area contributed by atoms with E-state index in [0.29, 0.717) is 5.76 Å². The van der Waals surface area contributed by atoms with E-state index in [2.05, 4.69) is 5.32 Å². The molecule has 2 rings (SSSR count). The first-order valence-corrected chi connectivity index (χ1v) is 9.02. The van der Waals surface area contributed by atoms with Crippen LogP contribution >= 0.6 is 0 Å². The van der Waals surface area contributed by atoms with Crippen molar-refractivity contribution in [3.63, 3.8) is 0 Å². The molecule has 0 amide bonds. The second kappa shape index (κ2) is 5.32. The topological polar surface area (TPSA) is 96.7 Å². The molecule has 112 valence electrons. The third-order valence-electron chi connectivity index (χ3n) is 2.84. The van der Waals surface area contributed by atoms with Gasteiger partial charge in [-0.25, -0.2) is 21.1 Å². The molecule has 7 nitrogen and oxygen atoms in total. The van der Waals surface area contributed by atoms with Crippen LogP contribution in [-0.4, -0.2) is 47.0 Å². The van der Waals surface area contributed by atoms with Crippen LogP contribution < -0.4 is 5.32 Å². The lowest BCUT2D eigenvalue weighted by Gasteiger charge is -2.09. The van der Waals surface area contributed by atoms with Crippen LogP contribution in [0.4, 0.5) is 0 Å². The number of sulfonamides is 1. The molecule has 1 aromatic rings. The van der Waals surface area contributed by atoms with Crippen LogP contribution in [0.15, 0.2) is 33.1 Å². The Morgan fingerprint density at radius 2 is 2.10 bits per heavy atom. The van der Waals surface area contributed by atoms with E-state index in [1.165, 1.54) is 25.6 Å². The van der Waals surface area contributed by atoms with E-state index in [9.17, 15) is 16.8 Å². The second-order valence-electron chi connectivity index (χ2n) is 4.65. The smallest absolute Gasteiger partial charge is 0.275 e. The fourth-order valence-corrected chi connectivity index (χ4v) is 3.79. The lowest BCUT2D eigenvalue weighted by atomic mass is 10.3. The van der Waals surface area contributed by atoms with E-state index in [0.717, 1.165) is 4.31 Å². The zero-order valence-corrected chi connectivity index (χ0v) is 12.7. The highest BCUT2D eigenvalue weighted by Gasteiger charge is 2.23. The van der Waals surface area contributed by atoms with Crippen LogP contribution in [0, 0.1) is 0 Å². The van der Waals surface area contributed by atoms with Gasteiger partial charge in [0, 0.05) is 25.5 Å². The number of rotatable bonds is 5. The van der Waals surface area contributed by atoms with Gasteiger partial charge in [-0.15, -0.1) is 0 Å². The summed E-state index contributed by atoms with van der Waals surface area (Å²) in [5.41, 5.74) is 0. The average Bonchev–Trinajstić information content (AvgIpc) is 2.93. The third kappa shape index (κ3) is 3.29. The van der Waals surface area contributed by atoms with Gasteiger partial charge in [0.1, 0.15) is 5.76 Å². The fraction of sp³-hybridized carbons (Fsp3) is 0.455. The summed E-state index contributed by atoms with van der Waals surface area (Å²) in [6, 6.07) is 2.66. The standard InChI is InChI=1S/C11H16N2O5S2/c1-13(2)20(16,17)11-4-3-10(18-11)7-12-9-5-6-19(14,15)8-9/h3-6,9,12H,7-8H2,1-2H3. The van der Waals surface area contributed by atoms with Crippen molar-refractivity contribution in [1.82, 2.24) is 9.62 Å². The Hall–Kier alpha value is -1.16. The Balaban J connectivity index is 2.00.